The van der Waals surface area contributed by atoms with E-state index in [2.05, 4.69) is 5.32 Å². The Hall–Kier alpha value is -3.45. The van der Waals surface area contributed by atoms with Gasteiger partial charge in [-0.05, 0) is 73.9 Å². The number of aryl methyl sites for hydroxylation is 1. The van der Waals surface area contributed by atoms with E-state index in [1.54, 1.807) is 36.4 Å². The van der Waals surface area contributed by atoms with Gasteiger partial charge in [0.25, 0.3) is 15.9 Å². The smallest absolute Gasteiger partial charge is 0.264 e. The lowest BCUT2D eigenvalue weighted by molar-refractivity contribution is 0.101. The minimum absolute atomic E-state index is 0.0601. The van der Waals surface area contributed by atoms with Gasteiger partial charge in [-0.25, -0.2) is 8.42 Å². The van der Waals surface area contributed by atoms with E-state index in [0.717, 1.165) is 18.4 Å². The first kappa shape index (κ1) is 20.8. The fraction of sp³-hybridized carbons (Fsp3) is 0.167. The van der Waals surface area contributed by atoms with Crippen LogP contribution in [-0.2, 0) is 16.4 Å². The van der Waals surface area contributed by atoms with Crippen molar-refractivity contribution in [1.29, 1.82) is 0 Å². The topological polar surface area (TPSA) is 83.5 Å². The third-order valence-corrected chi connectivity index (χ3v) is 7.11. The number of Topliss-reactive ketones (excluding diaryl/α,β-unsaturated/α-hetero) is 1. The molecule has 0 atom stereocenters. The number of anilines is 2. The number of benzene rings is 3. The summed E-state index contributed by atoms with van der Waals surface area (Å²) in [7, 11) is -3.80. The van der Waals surface area contributed by atoms with E-state index in [9.17, 15) is 18.0 Å². The molecule has 3 aromatic carbocycles. The molecule has 7 heteroatoms. The Bertz CT molecular complexity index is 1250. The minimum atomic E-state index is -3.80. The van der Waals surface area contributed by atoms with Crippen molar-refractivity contribution < 1.29 is 18.0 Å². The van der Waals surface area contributed by atoms with Crippen molar-refractivity contribution in [3.8, 4) is 0 Å². The predicted molar refractivity (Wildman–Crippen MR) is 120 cm³/mol. The summed E-state index contributed by atoms with van der Waals surface area (Å²) in [5.41, 5.74) is 3.00. The Labute approximate surface area is 181 Å². The van der Waals surface area contributed by atoms with Crippen molar-refractivity contribution >= 4 is 33.1 Å². The highest BCUT2D eigenvalue weighted by atomic mass is 32.2. The molecule has 1 aliphatic rings. The first-order valence-electron chi connectivity index (χ1n) is 9.99. The number of sulfonamides is 1. The minimum Gasteiger partial charge on any atom is -0.322 e. The van der Waals surface area contributed by atoms with Crippen LogP contribution in [0.4, 0.5) is 11.4 Å². The molecule has 31 heavy (non-hydrogen) atoms. The molecule has 1 aliphatic heterocycles. The lowest BCUT2D eigenvalue weighted by Gasteiger charge is -2.30. The maximum atomic E-state index is 13.3. The molecular formula is C24H22N2O4S. The fourth-order valence-electron chi connectivity index (χ4n) is 3.67. The normalized spacial score (nSPS) is 13.4. The molecule has 1 amide bonds. The van der Waals surface area contributed by atoms with Crippen molar-refractivity contribution in [2.45, 2.75) is 24.7 Å². The van der Waals surface area contributed by atoms with Gasteiger partial charge in [0, 0.05) is 23.4 Å². The standard InChI is InChI=1S/C24H22N2O4S/c1-17(27)18-11-13-21(14-12-18)25-24(28)20-7-4-9-22(16-20)31(29,30)26-15-5-8-19-6-2-3-10-23(19)26/h2-4,6-7,9-14,16H,5,8,15H2,1H3,(H,25,28). The van der Waals surface area contributed by atoms with Gasteiger partial charge < -0.3 is 5.32 Å². The number of para-hydroxylation sites is 1. The number of rotatable bonds is 5. The molecule has 0 saturated carbocycles. The lowest BCUT2D eigenvalue weighted by atomic mass is 10.0. The number of hydrogen-bond donors (Lipinski definition) is 1. The molecule has 6 nitrogen and oxygen atoms in total. The first-order chi connectivity index (χ1) is 14.9. The average molecular weight is 435 g/mol. The second kappa shape index (κ2) is 8.35. The number of nitrogens with zero attached hydrogens (tertiary/aromatic N) is 1. The van der Waals surface area contributed by atoms with Crippen LogP contribution in [0.15, 0.2) is 77.7 Å². The van der Waals surface area contributed by atoms with Crippen LogP contribution in [0.3, 0.4) is 0 Å². The fourth-order valence-corrected chi connectivity index (χ4v) is 5.25. The molecule has 0 radical (unpaired) electrons. The van der Waals surface area contributed by atoms with Crippen LogP contribution in [0.5, 0.6) is 0 Å². The summed E-state index contributed by atoms with van der Waals surface area (Å²) in [6, 6.07) is 20.1. The zero-order valence-electron chi connectivity index (χ0n) is 17.0. The molecule has 0 unspecified atom stereocenters. The highest BCUT2D eigenvalue weighted by molar-refractivity contribution is 7.92. The highest BCUT2D eigenvalue weighted by Gasteiger charge is 2.29. The molecule has 4 rings (SSSR count). The molecule has 3 aromatic rings. The van der Waals surface area contributed by atoms with E-state index in [1.807, 2.05) is 24.3 Å². The van der Waals surface area contributed by atoms with Crippen molar-refractivity contribution in [2.24, 2.45) is 0 Å². The Morgan fingerprint density at radius 2 is 1.65 bits per heavy atom. The number of carbonyl (C=O) groups excluding carboxylic acids is 2. The van der Waals surface area contributed by atoms with Gasteiger partial charge in [0.1, 0.15) is 0 Å². The van der Waals surface area contributed by atoms with Crippen LogP contribution in [0.1, 0.15) is 39.6 Å². The Balaban J connectivity index is 1.59. The lowest BCUT2D eigenvalue weighted by Crippen LogP contribution is -2.35. The van der Waals surface area contributed by atoms with E-state index >= 15 is 0 Å². The molecule has 158 valence electrons. The molecule has 0 spiro atoms. The maximum absolute atomic E-state index is 13.3. The molecule has 0 fully saturated rings. The Kier molecular flexibility index (Phi) is 5.61. The zero-order valence-corrected chi connectivity index (χ0v) is 17.9. The van der Waals surface area contributed by atoms with Gasteiger partial charge in [0.2, 0.25) is 0 Å². The van der Waals surface area contributed by atoms with Gasteiger partial charge in [0.05, 0.1) is 10.6 Å². The van der Waals surface area contributed by atoms with E-state index in [-0.39, 0.29) is 16.2 Å². The Morgan fingerprint density at radius 1 is 0.903 bits per heavy atom. The molecule has 0 aromatic heterocycles. The van der Waals surface area contributed by atoms with Crippen LogP contribution in [0, 0.1) is 0 Å². The van der Waals surface area contributed by atoms with Crippen LogP contribution in [-0.4, -0.2) is 26.7 Å². The first-order valence-corrected chi connectivity index (χ1v) is 11.4. The van der Waals surface area contributed by atoms with Gasteiger partial charge >= 0.3 is 0 Å². The van der Waals surface area contributed by atoms with Crippen molar-refractivity contribution in [2.75, 3.05) is 16.2 Å². The van der Waals surface area contributed by atoms with Crippen LogP contribution in [0.25, 0.3) is 0 Å². The SMILES string of the molecule is CC(=O)c1ccc(NC(=O)c2cccc(S(=O)(=O)N3CCCc4ccccc43)c2)cc1. The number of fused-ring (bicyclic) bond motifs is 1. The third-order valence-electron chi connectivity index (χ3n) is 5.30. The average Bonchev–Trinajstić information content (AvgIpc) is 2.79. The summed E-state index contributed by atoms with van der Waals surface area (Å²) in [4.78, 5) is 24.2. The largest absolute Gasteiger partial charge is 0.322 e. The molecular weight excluding hydrogens is 412 g/mol. The van der Waals surface area contributed by atoms with E-state index in [1.165, 1.54) is 23.4 Å². The molecule has 1 N–H and O–H groups in total. The molecule has 0 saturated heterocycles. The van der Waals surface area contributed by atoms with Crippen LogP contribution >= 0.6 is 0 Å². The predicted octanol–water partition coefficient (Wildman–Crippen LogP) is 4.28. The molecule has 0 aliphatic carbocycles. The summed E-state index contributed by atoms with van der Waals surface area (Å²) in [6.45, 7) is 1.87. The number of ketones is 1. The van der Waals surface area contributed by atoms with E-state index < -0.39 is 15.9 Å². The quantitative estimate of drug-likeness (QED) is 0.608. The second-order valence-electron chi connectivity index (χ2n) is 7.42. The van der Waals surface area contributed by atoms with Gasteiger partial charge in [-0.3, -0.25) is 13.9 Å². The van der Waals surface area contributed by atoms with Gasteiger partial charge in [-0.2, -0.15) is 0 Å². The van der Waals surface area contributed by atoms with Crippen molar-refractivity contribution in [3.63, 3.8) is 0 Å². The van der Waals surface area contributed by atoms with E-state index in [0.29, 0.717) is 23.5 Å². The van der Waals surface area contributed by atoms with E-state index in [4.69, 9.17) is 0 Å². The van der Waals surface area contributed by atoms with Gasteiger partial charge in [-0.15, -0.1) is 0 Å². The van der Waals surface area contributed by atoms with Crippen molar-refractivity contribution in [1.82, 2.24) is 0 Å². The summed E-state index contributed by atoms with van der Waals surface area (Å²) in [5.74, 6) is -0.485. The van der Waals surface area contributed by atoms with Crippen LogP contribution < -0.4 is 9.62 Å². The summed E-state index contributed by atoms with van der Waals surface area (Å²) >= 11 is 0. The Morgan fingerprint density at radius 3 is 2.39 bits per heavy atom. The zero-order chi connectivity index (χ0) is 22.0. The summed E-state index contributed by atoms with van der Waals surface area (Å²) in [5, 5.41) is 2.74. The highest BCUT2D eigenvalue weighted by Crippen LogP contribution is 2.32. The van der Waals surface area contributed by atoms with Crippen LogP contribution in [0.2, 0.25) is 0 Å². The molecule has 0 bridgehead atoms. The summed E-state index contributed by atoms with van der Waals surface area (Å²) < 4.78 is 28.1. The number of carbonyl (C=O) groups is 2. The number of nitrogens with one attached hydrogen (secondary N) is 1. The van der Waals surface area contributed by atoms with Gasteiger partial charge in [0.15, 0.2) is 5.78 Å². The maximum Gasteiger partial charge on any atom is 0.264 e. The van der Waals surface area contributed by atoms with Gasteiger partial charge in [-0.1, -0.05) is 24.3 Å². The number of amides is 1. The summed E-state index contributed by atoms with van der Waals surface area (Å²) in [6.07, 6.45) is 1.58. The van der Waals surface area contributed by atoms with Crippen molar-refractivity contribution in [3.05, 3.63) is 89.5 Å². The molecule has 1 heterocycles. The monoisotopic (exact) mass is 434 g/mol. The third kappa shape index (κ3) is 4.22. The number of hydrogen-bond acceptors (Lipinski definition) is 4. The second-order valence-corrected chi connectivity index (χ2v) is 9.29.